The highest BCUT2D eigenvalue weighted by atomic mass is 35.5. The quantitative estimate of drug-likeness (QED) is 0.485. The van der Waals surface area contributed by atoms with Gasteiger partial charge in [0.25, 0.3) is 5.91 Å². The van der Waals surface area contributed by atoms with Gasteiger partial charge < -0.3 is 14.6 Å². The average Bonchev–Trinajstić information content (AvgIpc) is 3.21. The number of nitriles is 1. The monoisotopic (exact) mass is 455 g/mol. The molecule has 1 atom stereocenters. The zero-order valence-corrected chi connectivity index (χ0v) is 18.1. The molecule has 0 bridgehead atoms. The highest BCUT2D eigenvalue weighted by Gasteiger charge is 2.35. The fourth-order valence-electron chi connectivity index (χ4n) is 3.19. The van der Waals surface area contributed by atoms with E-state index < -0.39 is 12.1 Å². The van der Waals surface area contributed by atoms with Crippen molar-refractivity contribution in [3.05, 3.63) is 86.6 Å². The van der Waals surface area contributed by atoms with Crippen molar-refractivity contribution in [2.75, 3.05) is 4.90 Å². The molecule has 3 aromatic rings. The van der Waals surface area contributed by atoms with Gasteiger partial charge in [0.05, 0.1) is 15.1 Å². The molecule has 1 unspecified atom stereocenters. The lowest BCUT2D eigenvalue weighted by molar-refractivity contribution is -0.118. The van der Waals surface area contributed by atoms with Gasteiger partial charge in [-0.2, -0.15) is 5.26 Å². The number of thiol groups is 1. The van der Waals surface area contributed by atoms with Gasteiger partial charge in [0.2, 0.25) is 0 Å². The number of carbonyl (C=O) groups is 1. The molecule has 30 heavy (non-hydrogen) atoms. The number of furan rings is 1. The number of anilines is 1. The van der Waals surface area contributed by atoms with E-state index in [1.807, 2.05) is 37.3 Å². The van der Waals surface area contributed by atoms with Crippen LogP contribution in [-0.4, -0.2) is 5.91 Å². The van der Waals surface area contributed by atoms with Crippen LogP contribution in [0.1, 0.15) is 17.5 Å². The molecule has 1 amide bonds. The molecule has 4 rings (SSSR count). The fraction of sp³-hybridized carbons (Fsp3) is 0.0909. The van der Waals surface area contributed by atoms with Crippen LogP contribution in [0.5, 0.6) is 0 Å². The van der Waals surface area contributed by atoms with E-state index in [0.29, 0.717) is 21.6 Å². The Morgan fingerprint density at radius 1 is 1.10 bits per heavy atom. The summed E-state index contributed by atoms with van der Waals surface area (Å²) in [4.78, 5) is 14.2. The second-order valence-corrected chi connectivity index (χ2v) is 7.96. The van der Waals surface area contributed by atoms with Crippen LogP contribution in [0.4, 0.5) is 5.69 Å². The van der Waals surface area contributed by atoms with Crippen molar-refractivity contribution in [1.82, 2.24) is 5.32 Å². The summed E-state index contributed by atoms with van der Waals surface area (Å²) in [6, 6.07) is 18.4. The van der Waals surface area contributed by atoms with Crippen LogP contribution in [0.15, 0.2) is 69.6 Å². The van der Waals surface area contributed by atoms with Gasteiger partial charge in [-0.15, -0.1) is 12.6 Å². The summed E-state index contributed by atoms with van der Waals surface area (Å²) in [5, 5.41) is 13.4. The van der Waals surface area contributed by atoms with Crippen molar-refractivity contribution in [3.63, 3.8) is 0 Å². The maximum absolute atomic E-state index is 12.5. The van der Waals surface area contributed by atoms with E-state index >= 15 is 0 Å². The largest absolute Gasteiger partial charge is 0.457 e. The van der Waals surface area contributed by atoms with Crippen molar-refractivity contribution in [2.45, 2.75) is 13.1 Å². The van der Waals surface area contributed by atoms with Gasteiger partial charge in [-0.25, -0.2) is 0 Å². The van der Waals surface area contributed by atoms with Crippen LogP contribution in [-0.2, 0) is 4.79 Å². The zero-order valence-electron chi connectivity index (χ0n) is 15.7. The summed E-state index contributed by atoms with van der Waals surface area (Å²) >= 11 is 16.6. The van der Waals surface area contributed by atoms with Crippen molar-refractivity contribution < 1.29 is 9.21 Å². The van der Waals surface area contributed by atoms with E-state index in [-0.39, 0.29) is 10.6 Å². The number of hydrogen-bond acceptors (Lipinski definition) is 5. The molecule has 0 saturated heterocycles. The number of aryl methyl sites for hydroxylation is 1. The van der Waals surface area contributed by atoms with E-state index in [1.165, 1.54) is 0 Å². The zero-order chi connectivity index (χ0) is 21.4. The fourth-order valence-corrected chi connectivity index (χ4v) is 3.87. The number of nitrogens with one attached hydrogen (secondary N) is 1. The lowest BCUT2D eigenvalue weighted by atomic mass is 10.1. The van der Waals surface area contributed by atoms with E-state index in [0.717, 1.165) is 16.8 Å². The number of amides is 1. The minimum absolute atomic E-state index is 0.0635. The van der Waals surface area contributed by atoms with E-state index in [4.69, 9.17) is 27.6 Å². The smallest absolute Gasteiger partial charge is 0.266 e. The molecule has 150 valence electrons. The normalized spacial score (nSPS) is 16.4. The van der Waals surface area contributed by atoms with Crippen LogP contribution in [0.3, 0.4) is 0 Å². The van der Waals surface area contributed by atoms with Crippen molar-refractivity contribution in [2.24, 2.45) is 0 Å². The molecule has 0 aliphatic carbocycles. The minimum Gasteiger partial charge on any atom is -0.457 e. The number of nitrogens with zero attached hydrogens (tertiary/aromatic N) is 2. The summed E-state index contributed by atoms with van der Waals surface area (Å²) < 4.78 is 6.05. The molecule has 0 spiro atoms. The first kappa shape index (κ1) is 20.4. The molecule has 1 aromatic heterocycles. The van der Waals surface area contributed by atoms with Crippen LogP contribution in [0.25, 0.3) is 11.3 Å². The lowest BCUT2D eigenvalue weighted by Crippen LogP contribution is -2.45. The van der Waals surface area contributed by atoms with E-state index in [1.54, 1.807) is 35.2 Å². The first-order valence-corrected chi connectivity index (χ1v) is 10.1. The van der Waals surface area contributed by atoms with Crippen LogP contribution in [0.2, 0.25) is 10.0 Å². The van der Waals surface area contributed by atoms with E-state index in [2.05, 4.69) is 17.9 Å². The summed E-state index contributed by atoms with van der Waals surface area (Å²) in [5.74, 6) is 0.536. The first-order valence-electron chi connectivity index (χ1n) is 8.94. The molecule has 0 radical (unpaired) electrons. The molecule has 1 aliphatic rings. The highest BCUT2D eigenvalue weighted by molar-refractivity contribution is 7.84. The minimum atomic E-state index is -0.679. The summed E-state index contributed by atoms with van der Waals surface area (Å²) in [6.07, 6.45) is -0.679. The van der Waals surface area contributed by atoms with E-state index in [9.17, 15) is 10.1 Å². The van der Waals surface area contributed by atoms with Gasteiger partial charge in [0, 0.05) is 11.3 Å². The maximum Gasteiger partial charge on any atom is 0.266 e. The second kappa shape index (κ2) is 8.11. The Bertz CT molecular complexity index is 1210. The predicted octanol–water partition coefficient (Wildman–Crippen LogP) is 5.86. The predicted molar refractivity (Wildman–Crippen MR) is 120 cm³/mol. The summed E-state index contributed by atoms with van der Waals surface area (Å²) in [7, 11) is 0. The molecule has 2 heterocycles. The van der Waals surface area contributed by atoms with Crippen LogP contribution in [0, 0.1) is 18.3 Å². The third kappa shape index (κ3) is 3.68. The molecule has 2 aromatic carbocycles. The SMILES string of the molecule is Cc1ccc(N2C(S)=C(C#N)C(=O)NC2c2ccc(-c3ccc(Cl)c(Cl)c3)o2)cc1. The van der Waals surface area contributed by atoms with Gasteiger partial charge in [-0.05, 0) is 49.4 Å². The van der Waals surface area contributed by atoms with Gasteiger partial charge >= 0.3 is 0 Å². The summed E-state index contributed by atoms with van der Waals surface area (Å²) in [6.45, 7) is 1.98. The number of benzene rings is 2. The molecule has 1 aliphatic heterocycles. The van der Waals surface area contributed by atoms with Crippen molar-refractivity contribution in [3.8, 4) is 17.4 Å². The lowest BCUT2D eigenvalue weighted by Gasteiger charge is -2.36. The van der Waals surface area contributed by atoms with Crippen LogP contribution < -0.4 is 10.2 Å². The third-order valence-corrected chi connectivity index (χ3v) is 5.91. The Morgan fingerprint density at radius 3 is 2.50 bits per heavy atom. The molecule has 0 fully saturated rings. The maximum atomic E-state index is 12.5. The van der Waals surface area contributed by atoms with Gasteiger partial charge in [0.1, 0.15) is 23.2 Å². The summed E-state index contributed by atoms with van der Waals surface area (Å²) in [5.41, 5.74) is 2.53. The highest BCUT2D eigenvalue weighted by Crippen LogP contribution is 2.38. The molecule has 0 saturated carbocycles. The molecule has 5 nitrogen and oxygen atoms in total. The molecular formula is C22H15Cl2N3O2S. The van der Waals surface area contributed by atoms with Crippen molar-refractivity contribution >= 4 is 47.4 Å². The Hall–Kier alpha value is -2.85. The Kier molecular flexibility index (Phi) is 5.52. The molecular weight excluding hydrogens is 441 g/mol. The van der Waals surface area contributed by atoms with Gasteiger partial charge in [0.15, 0.2) is 6.17 Å². The molecule has 1 N–H and O–H groups in total. The number of carbonyl (C=O) groups excluding carboxylic acids is 1. The first-order chi connectivity index (χ1) is 14.4. The van der Waals surface area contributed by atoms with Crippen molar-refractivity contribution in [1.29, 1.82) is 5.26 Å². The standard InChI is InChI=1S/C22H15Cl2N3O2S/c1-12-2-5-14(6-3-12)27-20(26-21(28)15(11-25)22(27)30)19-9-8-18(29-19)13-4-7-16(23)17(24)10-13/h2-10,20,30H,1H3,(H,26,28). The third-order valence-electron chi connectivity index (χ3n) is 4.73. The molecule has 8 heteroatoms. The van der Waals surface area contributed by atoms with Gasteiger partial charge in [-0.3, -0.25) is 4.79 Å². The van der Waals surface area contributed by atoms with Gasteiger partial charge in [-0.1, -0.05) is 40.9 Å². The Labute approximate surface area is 188 Å². The number of rotatable bonds is 3. The topological polar surface area (TPSA) is 69.3 Å². The Balaban J connectivity index is 1.78. The second-order valence-electron chi connectivity index (χ2n) is 6.72. The van der Waals surface area contributed by atoms with Crippen LogP contribution >= 0.6 is 35.8 Å². The average molecular weight is 456 g/mol. The Morgan fingerprint density at radius 2 is 1.83 bits per heavy atom. The number of hydrogen-bond donors (Lipinski definition) is 2. The number of halogens is 2.